The Kier molecular flexibility index (Phi) is 4.67. The van der Waals surface area contributed by atoms with Crippen molar-refractivity contribution in [2.45, 2.75) is 24.5 Å². The van der Waals surface area contributed by atoms with Crippen LogP contribution in [0.4, 0.5) is 5.69 Å². The fourth-order valence-corrected chi connectivity index (χ4v) is 3.73. The standard InChI is InChI=1S/C15H15Cl2NS/c1-9-3-10(2)5-11(4-9)8-19-15-13(16)6-12(18)7-14(15)17/h3-7H,8,18H2,1-2H3. The van der Waals surface area contributed by atoms with E-state index in [2.05, 4.69) is 32.0 Å². The van der Waals surface area contributed by atoms with Gasteiger partial charge in [0.25, 0.3) is 0 Å². The third-order valence-electron chi connectivity index (χ3n) is 2.69. The van der Waals surface area contributed by atoms with Crippen molar-refractivity contribution in [2.75, 3.05) is 5.73 Å². The van der Waals surface area contributed by atoms with E-state index in [9.17, 15) is 0 Å². The van der Waals surface area contributed by atoms with Crippen LogP contribution < -0.4 is 5.73 Å². The summed E-state index contributed by atoms with van der Waals surface area (Å²) in [4.78, 5) is 0.886. The third kappa shape index (κ3) is 3.82. The summed E-state index contributed by atoms with van der Waals surface area (Å²) < 4.78 is 0. The average molecular weight is 312 g/mol. The Hall–Kier alpha value is -0.830. The van der Waals surface area contributed by atoms with Crippen molar-refractivity contribution in [2.24, 2.45) is 0 Å². The van der Waals surface area contributed by atoms with Crippen molar-refractivity contribution in [3.63, 3.8) is 0 Å². The fourth-order valence-electron chi connectivity index (χ4n) is 2.03. The zero-order chi connectivity index (χ0) is 14.0. The number of benzene rings is 2. The van der Waals surface area contributed by atoms with Crippen LogP contribution in [0.3, 0.4) is 0 Å². The van der Waals surface area contributed by atoms with Crippen LogP contribution in [-0.4, -0.2) is 0 Å². The molecule has 100 valence electrons. The molecular formula is C15H15Cl2NS. The van der Waals surface area contributed by atoms with Crippen molar-refractivity contribution in [3.05, 3.63) is 57.1 Å². The predicted molar refractivity (Wildman–Crippen MR) is 86.4 cm³/mol. The van der Waals surface area contributed by atoms with Gasteiger partial charge in [-0.3, -0.25) is 0 Å². The smallest absolute Gasteiger partial charge is 0.0577 e. The normalized spacial score (nSPS) is 10.7. The van der Waals surface area contributed by atoms with Crippen LogP contribution in [0.25, 0.3) is 0 Å². The second-order valence-electron chi connectivity index (χ2n) is 4.60. The van der Waals surface area contributed by atoms with Crippen molar-refractivity contribution in [1.82, 2.24) is 0 Å². The van der Waals surface area contributed by atoms with E-state index < -0.39 is 0 Å². The van der Waals surface area contributed by atoms with Crippen molar-refractivity contribution >= 4 is 40.7 Å². The molecule has 1 nitrogen and oxygen atoms in total. The minimum atomic E-state index is 0.589. The maximum absolute atomic E-state index is 6.18. The lowest BCUT2D eigenvalue weighted by Gasteiger charge is -2.09. The first-order valence-corrected chi connectivity index (χ1v) is 7.64. The lowest BCUT2D eigenvalue weighted by Crippen LogP contribution is -1.89. The lowest BCUT2D eigenvalue weighted by atomic mass is 10.1. The quantitative estimate of drug-likeness (QED) is 0.599. The molecule has 0 atom stereocenters. The topological polar surface area (TPSA) is 26.0 Å². The summed E-state index contributed by atoms with van der Waals surface area (Å²) in [5.41, 5.74) is 10.1. The van der Waals surface area contributed by atoms with Crippen LogP contribution in [0.5, 0.6) is 0 Å². The first kappa shape index (κ1) is 14.6. The molecule has 0 aliphatic heterocycles. The Morgan fingerprint density at radius 2 is 1.47 bits per heavy atom. The van der Waals surface area contributed by atoms with Gasteiger partial charge in [-0.1, -0.05) is 52.5 Å². The van der Waals surface area contributed by atoms with E-state index in [0.717, 1.165) is 10.6 Å². The molecule has 2 rings (SSSR count). The fraction of sp³-hybridized carbons (Fsp3) is 0.200. The van der Waals surface area contributed by atoms with E-state index in [1.165, 1.54) is 16.7 Å². The highest BCUT2D eigenvalue weighted by Gasteiger charge is 2.08. The first-order valence-electron chi connectivity index (χ1n) is 5.90. The molecule has 2 N–H and O–H groups in total. The summed E-state index contributed by atoms with van der Waals surface area (Å²) in [5, 5.41) is 1.22. The van der Waals surface area contributed by atoms with Crippen molar-refractivity contribution in [1.29, 1.82) is 0 Å². The van der Waals surface area contributed by atoms with Gasteiger partial charge in [0.15, 0.2) is 0 Å². The SMILES string of the molecule is Cc1cc(C)cc(CSc2c(Cl)cc(N)cc2Cl)c1. The first-order chi connectivity index (χ1) is 8.95. The van der Waals surface area contributed by atoms with Gasteiger partial charge < -0.3 is 5.73 Å². The van der Waals surface area contributed by atoms with Crippen LogP contribution in [0.2, 0.25) is 10.0 Å². The van der Waals surface area contributed by atoms with Gasteiger partial charge in [-0.2, -0.15) is 0 Å². The second kappa shape index (κ2) is 6.08. The van der Waals surface area contributed by atoms with Crippen LogP contribution in [0.1, 0.15) is 16.7 Å². The minimum Gasteiger partial charge on any atom is -0.399 e. The van der Waals surface area contributed by atoms with Gasteiger partial charge in [-0.05, 0) is 31.5 Å². The molecule has 0 radical (unpaired) electrons. The maximum Gasteiger partial charge on any atom is 0.0577 e. The van der Waals surface area contributed by atoms with Gasteiger partial charge >= 0.3 is 0 Å². The number of nitrogens with two attached hydrogens (primary N) is 1. The van der Waals surface area contributed by atoms with Crippen molar-refractivity contribution < 1.29 is 0 Å². The van der Waals surface area contributed by atoms with Crippen LogP contribution in [0, 0.1) is 13.8 Å². The van der Waals surface area contributed by atoms with E-state index in [-0.39, 0.29) is 0 Å². The Bertz CT molecular complexity index is 568. The number of hydrogen-bond acceptors (Lipinski definition) is 2. The van der Waals surface area contributed by atoms with Crippen molar-refractivity contribution in [3.8, 4) is 0 Å². The number of halogens is 2. The molecule has 0 heterocycles. The molecule has 2 aromatic rings. The molecule has 0 saturated carbocycles. The summed E-state index contributed by atoms with van der Waals surface area (Å²) in [5.74, 6) is 0.839. The van der Waals surface area contributed by atoms with Gasteiger partial charge in [0.2, 0.25) is 0 Å². The summed E-state index contributed by atoms with van der Waals surface area (Å²) in [6.07, 6.45) is 0. The van der Waals surface area contributed by atoms with E-state index in [1.54, 1.807) is 23.9 Å². The summed E-state index contributed by atoms with van der Waals surface area (Å²) in [7, 11) is 0. The molecule has 19 heavy (non-hydrogen) atoms. The summed E-state index contributed by atoms with van der Waals surface area (Å²) in [6.45, 7) is 4.20. The molecule has 0 aliphatic carbocycles. The van der Waals surface area contributed by atoms with E-state index in [1.807, 2.05) is 0 Å². The number of hydrogen-bond donors (Lipinski definition) is 1. The molecule has 2 aromatic carbocycles. The van der Waals surface area contributed by atoms with E-state index in [0.29, 0.717) is 15.7 Å². The third-order valence-corrected chi connectivity index (χ3v) is 4.71. The minimum absolute atomic E-state index is 0.589. The second-order valence-corrected chi connectivity index (χ2v) is 6.40. The number of thioether (sulfide) groups is 1. The van der Waals surface area contributed by atoms with Gasteiger partial charge in [-0.15, -0.1) is 11.8 Å². The number of nitrogen functional groups attached to an aromatic ring is 1. The Morgan fingerprint density at radius 1 is 0.947 bits per heavy atom. The van der Waals surface area contributed by atoms with Gasteiger partial charge in [0.1, 0.15) is 0 Å². The number of aryl methyl sites for hydroxylation is 2. The highest BCUT2D eigenvalue weighted by molar-refractivity contribution is 7.98. The monoisotopic (exact) mass is 311 g/mol. The predicted octanol–water partition coefficient (Wildman–Crippen LogP) is 5.48. The molecule has 0 saturated heterocycles. The van der Waals surface area contributed by atoms with Crippen LogP contribution in [0.15, 0.2) is 35.2 Å². The number of rotatable bonds is 3. The molecule has 0 spiro atoms. The summed E-state index contributed by atoms with van der Waals surface area (Å²) >= 11 is 14.0. The Labute approximate surface area is 128 Å². The van der Waals surface area contributed by atoms with Gasteiger partial charge in [0, 0.05) is 16.3 Å². The molecule has 0 unspecified atom stereocenters. The highest BCUT2D eigenvalue weighted by atomic mass is 35.5. The Balaban J connectivity index is 2.19. The van der Waals surface area contributed by atoms with Gasteiger partial charge in [0.05, 0.1) is 10.0 Å². The van der Waals surface area contributed by atoms with Crippen LogP contribution in [-0.2, 0) is 5.75 Å². The zero-order valence-electron chi connectivity index (χ0n) is 10.8. The van der Waals surface area contributed by atoms with E-state index in [4.69, 9.17) is 28.9 Å². The molecule has 0 aromatic heterocycles. The largest absolute Gasteiger partial charge is 0.399 e. The zero-order valence-corrected chi connectivity index (χ0v) is 13.2. The van der Waals surface area contributed by atoms with Gasteiger partial charge in [-0.25, -0.2) is 0 Å². The molecule has 0 fully saturated rings. The maximum atomic E-state index is 6.18. The highest BCUT2D eigenvalue weighted by Crippen LogP contribution is 2.37. The average Bonchev–Trinajstić information content (AvgIpc) is 2.25. The molecular weight excluding hydrogens is 297 g/mol. The summed E-state index contributed by atoms with van der Waals surface area (Å²) in [6, 6.07) is 9.99. The molecule has 0 bridgehead atoms. The van der Waals surface area contributed by atoms with Crippen LogP contribution >= 0.6 is 35.0 Å². The molecule has 0 amide bonds. The Morgan fingerprint density at radius 3 is 2.00 bits per heavy atom. The number of anilines is 1. The molecule has 0 aliphatic rings. The molecule has 4 heteroatoms. The lowest BCUT2D eigenvalue weighted by molar-refractivity contribution is 1.29. The van der Waals surface area contributed by atoms with E-state index >= 15 is 0 Å².